The number of ketones is 1. The number of ether oxygens (including phenoxy) is 1. The Morgan fingerprint density at radius 2 is 1.90 bits per heavy atom. The SMILES string of the molecule is C[C@@]12O[C@@H](O)[C@@H](NC(=O)/C=C/CCCCCCCCCO)C[C@@]1(O)C(=O)C=C[C@H]2Cl. The minimum atomic E-state index is -1.92. The summed E-state index contributed by atoms with van der Waals surface area (Å²) in [7, 11) is 0. The van der Waals surface area contributed by atoms with Crippen LogP contribution in [0.2, 0.25) is 0 Å². The molecule has 1 saturated heterocycles. The Morgan fingerprint density at radius 3 is 2.57 bits per heavy atom. The molecule has 8 heteroatoms. The van der Waals surface area contributed by atoms with E-state index in [9.17, 15) is 19.8 Å². The van der Waals surface area contributed by atoms with Crippen LogP contribution in [0.1, 0.15) is 64.7 Å². The van der Waals surface area contributed by atoms with Gasteiger partial charge >= 0.3 is 0 Å². The molecule has 0 spiro atoms. The summed E-state index contributed by atoms with van der Waals surface area (Å²) in [5, 5.41) is 31.8. The highest BCUT2D eigenvalue weighted by atomic mass is 35.5. The highest BCUT2D eigenvalue weighted by Crippen LogP contribution is 2.45. The lowest BCUT2D eigenvalue weighted by Crippen LogP contribution is -2.72. The number of alkyl halides is 1. The van der Waals surface area contributed by atoms with Gasteiger partial charge < -0.3 is 25.4 Å². The van der Waals surface area contributed by atoms with Crippen LogP contribution < -0.4 is 5.32 Å². The Hall–Kier alpha value is -1.25. The average molecular weight is 444 g/mol. The van der Waals surface area contributed by atoms with Crippen LogP contribution in [0.5, 0.6) is 0 Å². The van der Waals surface area contributed by atoms with Crippen molar-refractivity contribution in [2.24, 2.45) is 0 Å². The van der Waals surface area contributed by atoms with Crippen molar-refractivity contribution in [3.8, 4) is 0 Å². The maximum atomic E-state index is 12.3. The first-order valence-electron chi connectivity index (χ1n) is 10.8. The van der Waals surface area contributed by atoms with E-state index in [1.807, 2.05) is 0 Å². The molecule has 0 bridgehead atoms. The Morgan fingerprint density at radius 1 is 1.27 bits per heavy atom. The molecule has 4 N–H and O–H groups in total. The average Bonchev–Trinajstić information content (AvgIpc) is 2.70. The van der Waals surface area contributed by atoms with Crippen molar-refractivity contribution in [2.45, 2.75) is 93.6 Å². The van der Waals surface area contributed by atoms with E-state index in [2.05, 4.69) is 5.32 Å². The second-order valence-corrected chi connectivity index (χ2v) is 8.78. The highest BCUT2D eigenvalue weighted by Gasteiger charge is 2.63. The number of allylic oxidation sites excluding steroid dienone is 1. The maximum Gasteiger partial charge on any atom is 0.244 e. The normalized spacial score (nSPS) is 33.6. The molecule has 1 aliphatic heterocycles. The van der Waals surface area contributed by atoms with Crippen LogP contribution in [0.3, 0.4) is 0 Å². The van der Waals surface area contributed by atoms with Crippen molar-refractivity contribution >= 4 is 23.3 Å². The molecule has 0 saturated carbocycles. The number of hydrogen-bond acceptors (Lipinski definition) is 6. The smallest absolute Gasteiger partial charge is 0.244 e. The van der Waals surface area contributed by atoms with E-state index in [0.717, 1.165) is 51.4 Å². The number of rotatable bonds is 11. The predicted molar refractivity (Wildman–Crippen MR) is 114 cm³/mol. The molecule has 30 heavy (non-hydrogen) atoms. The van der Waals surface area contributed by atoms with Gasteiger partial charge in [0.05, 0.1) is 11.4 Å². The molecule has 0 radical (unpaired) electrons. The third-order valence-corrected chi connectivity index (χ3v) is 6.58. The minimum absolute atomic E-state index is 0.188. The summed E-state index contributed by atoms with van der Waals surface area (Å²) in [5.41, 5.74) is -3.40. The van der Waals surface area contributed by atoms with E-state index < -0.39 is 40.6 Å². The number of amides is 1. The Labute approximate surface area is 183 Å². The van der Waals surface area contributed by atoms with E-state index in [4.69, 9.17) is 21.4 Å². The number of carbonyl (C=O) groups is 2. The molecule has 0 aromatic heterocycles. The van der Waals surface area contributed by atoms with Gasteiger partial charge in [0.2, 0.25) is 5.91 Å². The zero-order valence-electron chi connectivity index (χ0n) is 17.6. The molecular formula is C22H34ClNO6. The molecule has 2 rings (SSSR count). The maximum absolute atomic E-state index is 12.3. The van der Waals surface area contributed by atoms with Gasteiger partial charge in [-0.1, -0.05) is 44.3 Å². The Balaban J connectivity index is 1.76. The summed E-state index contributed by atoms with van der Waals surface area (Å²) in [5.74, 6) is -0.972. The van der Waals surface area contributed by atoms with Gasteiger partial charge in [0.15, 0.2) is 17.7 Å². The summed E-state index contributed by atoms with van der Waals surface area (Å²) in [4.78, 5) is 24.5. The van der Waals surface area contributed by atoms with Crippen molar-refractivity contribution in [3.05, 3.63) is 24.3 Å². The molecule has 7 nitrogen and oxygen atoms in total. The number of aliphatic hydroxyl groups is 3. The zero-order chi connectivity index (χ0) is 22.2. The first-order chi connectivity index (χ1) is 14.2. The third kappa shape index (κ3) is 5.92. The number of halogens is 1. The number of unbranched alkanes of at least 4 members (excludes halogenated alkanes) is 7. The van der Waals surface area contributed by atoms with Gasteiger partial charge in [-0.3, -0.25) is 9.59 Å². The van der Waals surface area contributed by atoms with Crippen molar-refractivity contribution in [3.63, 3.8) is 0 Å². The van der Waals surface area contributed by atoms with E-state index in [-0.39, 0.29) is 13.0 Å². The van der Waals surface area contributed by atoms with E-state index in [1.54, 1.807) is 6.08 Å². The quantitative estimate of drug-likeness (QED) is 0.221. The largest absolute Gasteiger partial charge is 0.396 e. The molecule has 1 fully saturated rings. The standard InChI is InChI=1S/C22H34ClNO6/c1-21-17(23)12-13-18(26)22(21,29)15-16(20(28)30-21)24-19(27)11-9-7-5-3-2-4-6-8-10-14-25/h9,11-13,16-17,20,25,28-29H,2-8,10,14-15H2,1H3,(H,24,27)/b11-9+/t16-,17+,20+,21-,22+/m0/s1. The van der Waals surface area contributed by atoms with Crippen molar-refractivity contribution in [2.75, 3.05) is 6.61 Å². The molecule has 0 aromatic rings. The van der Waals surface area contributed by atoms with E-state index in [0.29, 0.717) is 0 Å². The molecule has 5 atom stereocenters. The molecule has 170 valence electrons. The molecule has 1 heterocycles. The first-order valence-corrected chi connectivity index (χ1v) is 11.2. The highest BCUT2D eigenvalue weighted by molar-refractivity contribution is 6.24. The number of aliphatic hydroxyl groups excluding tert-OH is 2. The molecule has 0 aromatic carbocycles. The Kier molecular flexibility index (Phi) is 9.50. The van der Waals surface area contributed by atoms with Crippen LogP contribution in [0.15, 0.2) is 24.3 Å². The monoisotopic (exact) mass is 443 g/mol. The fraction of sp³-hybridized carbons (Fsp3) is 0.727. The third-order valence-electron chi connectivity index (χ3n) is 6.02. The fourth-order valence-electron chi connectivity index (χ4n) is 3.99. The summed E-state index contributed by atoms with van der Waals surface area (Å²) in [6, 6.07) is -0.932. The summed E-state index contributed by atoms with van der Waals surface area (Å²) in [6.07, 6.45) is 12.4. The second-order valence-electron chi connectivity index (χ2n) is 8.31. The van der Waals surface area contributed by atoms with Gasteiger partial charge in [-0.15, -0.1) is 11.6 Å². The Bertz CT molecular complexity index is 654. The van der Waals surface area contributed by atoms with Crippen LogP contribution >= 0.6 is 11.6 Å². The lowest BCUT2D eigenvalue weighted by Gasteiger charge is -2.53. The first kappa shape index (κ1) is 25.0. The summed E-state index contributed by atoms with van der Waals surface area (Å²) >= 11 is 6.21. The van der Waals surface area contributed by atoms with Crippen LogP contribution in [-0.2, 0) is 14.3 Å². The summed E-state index contributed by atoms with van der Waals surface area (Å²) < 4.78 is 5.53. The zero-order valence-corrected chi connectivity index (χ0v) is 18.3. The fourth-order valence-corrected chi connectivity index (χ4v) is 4.29. The van der Waals surface area contributed by atoms with E-state index >= 15 is 0 Å². The number of fused-ring (bicyclic) bond motifs is 1. The molecule has 1 aliphatic carbocycles. The molecule has 1 amide bonds. The van der Waals surface area contributed by atoms with Gasteiger partial charge in [-0.2, -0.15) is 0 Å². The number of hydrogen-bond donors (Lipinski definition) is 4. The topological polar surface area (TPSA) is 116 Å². The minimum Gasteiger partial charge on any atom is -0.396 e. The van der Waals surface area contributed by atoms with Crippen molar-refractivity contribution in [1.82, 2.24) is 5.32 Å². The van der Waals surface area contributed by atoms with Crippen LogP contribution in [0, 0.1) is 0 Å². The van der Waals surface area contributed by atoms with Gasteiger partial charge in [-0.25, -0.2) is 0 Å². The van der Waals surface area contributed by atoms with Crippen LogP contribution in [0.4, 0.5) is 0 Å². The molecule has 2 aliphatic rings. The van der Waals surface area contributed by atoms with Gasteiger partial charge in [0.1, 0.15) is 5.60 Å². The second kappa shape index (κ2) is 11.4. The number of carbonyl (C=O) groups excluding carboxylic acids is 2. The van der Waals surface area contributed by atoms with Crippen molar-refractivity contribution < 1.29 is 29.6 Å². The van der Waals surface area contributed by atoms with Gasteiger partial charge in [0.25, 0.3) is 0 Å². The van der Waals surface area contributed by atoms with Crippen molar-refractivity contribution in [1.29, 1.82) is 0 Å². The molecular weight excluding hydrogens is 410 g/mol. The van der Waals surface area contributed by atoms with Crippen LogP contribution in [-0.4, -0.2) is 62.5 Å². The van der Waals surface area contributed by atoms with Gasteiger partial charge in [0, 0.05) is 13.0 Å². The summed E-state index contributed by atoms with van der Waals surface area (Å²) in [6.45, 7) is 1.75. The predicted octanol–water partition coefficient (Wildman–Crippen LogP) is 2.12. The van der Waals surface area contributed by atoms with E-state index in [1.165, 1.54) is 25.2 Å². The molecule has 0 unspecified atom stereocenters. The lowest BCUT2D eigenvalue weighted by atomic mass is 9.69. The number of nitrogens with one attached hydrogen (secondary N) is 1. The van der Waals surface area contributed by atoms with Crippen LogP contribution in [0.25, 0.3) is 0 Å². The van der Waals surface area contributed by atoms with Gasteiger partial charge in [-0.05, 0) is 38.3 Å². The lowest BCUT2D eigenvalue weighted by molar-refractivity contribution is -0.281.